The summed E-state index contributed by atoms with van der Waals surface area (Å²) in [6.45, 7) is 0.887. The summed E-state index contributed by atoms with van der Waals surface area (Å²) in [4.78, 5) is 46.0. The van der Waals surface area contributed by atoms with Crippen molar-refractivity contribution >= 4 is 25.4 Å². The normalized spacial score (nSPS) is 14.0. The minimum absolute atomic E-state index is 0.0153. The van der Waals surface area contributed by atoms with Crippen LogP contribution in [0.25, 0.3) is 0 Å². The highest BCUT2D eigenvalue weighted by Gasteiger charge is 2.40. The van der Waals surface area contributed by atoms with Gasteiger partial charge in [0.1, 0.15) is 18.5 Å². The monoisotopic (exact) mass is 387 g/mol. The average Bonchev–Trinajstić information content (AvgIpc) is 2.59. The Balaban J connectivity index is 3.03. The van der Waals surface area contributed by atoms with Crippen molar-refractivity contribution < 1.29 is 38.4 Å². The number of rotatable bonds is 9. The number of carboxylic acid groups (broad SMARTS) is 1. The molecule has 0 aliphatic carbocycles. The molecule has 0 aliphatic rings. The van der Waals surface area contributed by atoms with Gasteiger partial charge in [-0.2, -0.15) is 0 Å². The molecule has 1 aromatic rings. The number of benzene rings is 1. The van der Waals surface area contributed by atoms with Crippen LogP contribution in [0.4, 0.5) is 4.79 Å². The first-order valence-corrected chi connectivity index (χ1v) is 9.69. The van der Waals surface area contributed by atoms with Gasteiger partial charge in [0.2, 0.25) is 7.37 Å². The van der Waals surface area contributed by atoms with Gasteiger partial charge in [-0.05, 0) is 18.9 Å². The molecule has 26 heavy (non-hydrogen) atoms. The minimum Gasteiger partial charge on any atom is -0.481 e. The lowest BCUT2D eigenvalue weighted by Gasteiger charge is -2.26. The summed E-state index contributed by atoms with van der Waals surface area (Å²) < 4.78 is 21.9. The predicted molar refractivity (Wildman–Crippen MR) is 92.0 cm³/mol. The largest absolute Gasteiger partial charge is 0.481 e. The average molecular weight is 387 g/mol. The molecule has 0 bridgehead atoms. The molecule has 0 radical (unpaired) electrons. The predicted octanol–water partition coefficient (Wildman–Crippen LogP) is 1.54. The molecule has 9 nitrogen and oxygen atoms in total. The molecule has 2 atom stereocenters. The number of carboxylic acids is 1. The van der Waals surface area contributed by atoms with Gasteiger partial charge in [-0.1, -0.05) is 30.3 Å². The number of ether oxygens (including phenoxy) is 2. The summed E-state index contributed by atoms with van der Waals surface area (Å²) in [6, 6.07) is 8.36. The van der Waals surface area contributed by atoms with Crippen LogP contribution in [0, 0.1) is 0 Å². The molecule has 144 valence electrons. The molecule has 0 aromatic heterocycles. The van der Waals surface area contributed by atoms with Crippen LogP contribution in [0.15, 0.2) is 30.3 Å². The van der Waals surface area contributed by atoms with Crippen molar-refractivity contribution in [2.45, 2.75) is 19.0 Å². The number of hydrogen-bond donors (Lipinski definition) is 2. The Morgan fingerprint density at radius 2 is 1.85 bits per heavy atom. The summed E-state index contributed by atoms with van der Waals surface area (Å²) in [5.41, 5.74) is -1.08. The van der Waals surface area contributed by atoms with E-state index >= 15 is 0 Å². The maximum absolute atomic E-state index is 12.7. The van der Waals surface area contributed by atoms with E-state index in [-0.39, 0.29) is 13.0 Å². The van der Waals surface area contributed by atoms with Crippen molar-refractivity contribution in [3.8, 4) is 0 Å². The van der Waals surface area contributed by atoms with E-state index < -0.39 is 43.9 Å². The second kappa shape index (κ2) is 9.94. The molecule has 1 amide bonds. The molecule has 0 heterocycles. The zero-order valence-electron chi connectivity index (χ0n) is 14.5. The molecule has 0 aliphatic heterocycles. The molecular formula is C16H22NO8P. The zero-order valence-corrected chi connectivity index (χ0v) is 15.4. The van der Waals surface area contributed by atoms with E-state index in [1.165, 1.54) is 6.92 Å². The lowest BCUT2D eigenvalue weighted by molar-refractivity contribution is -0.141. The highest BCUT2D eigenvalue weighted by molar-refractivity contribution is 7.59. The van der Waals surface area contributed by atoms with Crippen LogP contribution in [-0.2, 0) is 30.0 Å². The van der Waals surface area contributed by atoms with E-state index in [2.05, 4.69) is 4.74 Å². The molecule has 0 saturated carbocycles. The number of methoxy groups -OCH3 is 1. The van der Waals surface area contributed by atoms with Crippen LogP contribution in [0.2, 0.25) is 0 Å². The number of esters is 1. The van der Waals surface area contributed by atoms with Crippen LogP contribution < -0.4 is 0 Å². The van der Waals surface area contributed by atoms with Gasteiger partial charge in [0.25, 0.3) is 0 Å². The Morgan fingerprint density at radius 3 is 2.35 bits per heavy atom. The second-order valence-electron chi connectivity index (χ2n) is 5.41. The third-order valence-electron chi connectivity index (χ3n) is 3.49. The van der Waals surface area contributed by atoms with E-state index in [1.54, 1.807) is 30.3 Å². The van der Waals surface area contributed by atoms with E-state index in [9.17, 15) is 28.9 Å². The molecule has 10 heteroatoms. The third kappa shape index (κ3) is 6.50. The van der Waals surface area contributed by atoms with Gasteiger partial charge < -0.3 is 19.5 Å². The Labute approximate surface area is 151 Å². The third-order valence-corrected chi connectivity index (χ3v) is 5.62. The fraction of sp³-hybridized carbons (Fsp3) is 0.438. The summed E-state index contributed by atoms with van der Waals surface area (Å²) >= 11 is 0. The van der Waals surface area contributed by atoms with Gasteiger partial charge in [-0.15, -0.1) is 0 Å². The smallest absolute Gasteiger partial charge is 0.410 e. The standard InChI is InChI=1S/C16H22NO8P/c1-3-25-16(21)17(10-14(18)24-2)11-26(22,23)13(15(19)20)9-12-7-5-4-6-8-12/h4-8,13H,3,9-11H2,1-2H3,(H,19,20)(H,22,23). The fourth-order valence-electron chi connectivity index (χ4n) is 2.19. The van der Waals surface area contributed by atoms with Gasteiger partial charge in [0, 0.05) is 0 Å². The molecule has 2 unspecified atom stereocenters. The van der Waals surface area contributed by atoms with E-state index in [0.29, 0.717) is 10.5 Å². The minimum atomic E-state index is -4.41. The maximum atomic E-state index is 12.7. The number of carbonyl (C=O) groups is 3. The fourth-order valence-corrected chi connectivity index (χ4v) is 3.93. The Kier molecular flexibility index (Phi) is 8.28. The van der Waals surface area contributed by atoms with Gasteiger partial charge >= 0.3 is 18.0 Å². The number of aliphatic carboxylic acids is 1. The summed E-state index contributed by atoms with van der Waals surface area (Å²) in [7, 11) is -3.31. The molecule has 0 fully saturated rings. The quantitative estimate of drug-likeness (QED) is 0.482. The van der Waals surface area contributed by atoms with E-state index in [0.717, 1.165) is 7.11 Å². The lowest BCUT2D eigenvalue weighted by atomic mass is 10.1. The van der Waals surface area contributed by atoms with Crippen molar-refractivity contribution in [1.29, 1.82) is 0 Å². The van der Waals surface area contributed by atoms with E-state index in [1.807, 2.05) is 0 Å². The highest BCUT2D eigenvalue weighted by atomic mass is 31.2. The molecule has 2 N–H and O–H groups in total. The Morgan fingerprint density at radius 1 is 1.23 bits per heavy atom. The van der Waals surface area contributed by atoms with Gasteiger partial charge in [-0.3, -0.25) is 19.1 Å². The van der Waals surface area contributed by atoms with Crippen molar-refractivity contribution in [1.82, 2.24) is 4.90 Å². The zero-order chi connectivity index (χ0) is 19.7. The summed E-state index contributed by atoms with van der Waals surface area (Å²) in [5, 5.41) is 9.39. The van der Waals surface area contributed by atoms with Crippen molar-refractivity contribution in [2.75, 3.05) is 26.5 Å². The first kappa shape index (κ1) is 21.7. The molecule has 0 saturated heterocycles. The van der Waals surface area contributed by atoms with Crippen LogP contribution in [0.5, 0.6) is 0 Å². The number of amides is 1. The first-order valence-electron chi connectivity index (χ1n) is 7.78. The summed E-state index contributed by atoms with van der Waals surface area (Å²) in [6.07, 6.45) is -2.04. The Hall–Kier alpha value is -2.38. The number of nitrogens with zero attached hydrogens (tertiary/aromatic N) is 1. The topological polar surface area (TPSA) is 130 Å². The van der Waals surface area contributed by atoms with Gasteiger partial charge in [0.15, 0.2) is 0 Å². The van der Waals surface area contributed by atoms with Crippen LogP contribution in [0.1, 0.15) is 12.5 Å². The number of carbonyl (C=O) groups excluding carboxylic acids is 2. The van der Waals surface area contributed by atoms with E-state index in [4.69, 9.17) is 4.74 Å². The van der Waals surface area contributed by atoms with Crippen LogP contribution >= 0.6 is 7.37 Å². The Bertz CT molecular complexity index is 678. The van der Waals surface area contributed by atoms with Crippen LogP contribution in [-0.4, -0.2) is 65.1 Å². The van der Waals surface area contributed by atoms with Gasteiger partial charge in [-0.25, -0.2) is 4.79 Å². The molecule has 0 spiro atoms. The van der Waals surface area contributed by atoms with Crippen molar-refractivity contribution in [3.05, 3.63) is 35.9 Å². The maximum Gasteiger partial charge on any atom is 0.410 e. The molecular weight excluding hydrogens is 365 g/mol. The van der Waals surface area contributed by atoms with Gasteiger partial charge in [0.05, 0.1) is 13.7 Å². The molecule has 1 rings (SSSR count). The second-order valence-corrected chi connectivity index (χ2v) is 7.83. The SMILES string of the molecule is CCOC(=O)N(CC(=O)OC)CP(=O)(O)C(Cc1ccccc1)C(=O)O. The van der Waals surface area contributed by atoms with Crippen LogP contribution in [0.3, 0.4) is 0 Å². The molecule has 1 aromatic carbocycles. The first-order chi connectivity index (χ1) is 12.2. The highest BCUT2D eigenvalue weighted by Crippen LogP contribution is 2.48. The number of hydrogen-bond acceptors (Lipinski definition) is 6. The van der Waals surface area contributed by atoms with Crippen molar-refractivity contribution in [3.63, 3.8) is 0 Å². The summed E-state index contributed by atoms with van der Waals surface area (Å²) in [5.74, 6) is -2.30. The lowest BCUT2D eigenvalue weighted by Crippen LogP contribution is -2.39. The van der Waals surface area contributed by atoms with Crippen molar-refractivity contribution in [2.24, 2.45) is 0 Å².